The van der Waals surface area contributed by atoms with Crippen molar-refractivity contribution in [3.63, 3.8) is 0 Å². The largest absolute Gasteiger partial charge is 0.354 e. The number of halogens is 2. The summed E-state index contributed by atoms with van der Waals surface area (Å²) in [6.07, 6.45) is 0.324. The molecule has 1 saturated heterocycles. The van der Waals surface area contributed by atoms with E-state index in [4.69, 9.17) is 0 Å². The van der Waals surface area contributed by atoms with Crippen molar-refractivity contribution in [2.45, 2.75) is 12.3 Å². The number of rotatable bonds is 6. The van der Waals surface area contributed by atoms with Gasteiger partial charge in [0.15, 0.2) is 11.6 Å². The van der Waals surface area contributed by atoms with Crippen LogP contribution in [0.1, 0.15) is 23.5 Å². The zero-order valence-corrected chi connectivity index (χ0v) is 16.8. The fourth-order valence-electron chi connectivity index (χ4n) is 3.96. The first kappa shape index (κ1) is 20.7. The van der Waals surface area contributed by atoms with E-state index in [1.165, 1.54) is 11.0 Å². The third kappa shape index (κ3) is 4.48. The van der Waals surface area contributed by atoms with Crippen LogP contribution in [0.4, 0.5) is 14.5 Å². The van der Waals surface area contributed by atoms with Gasteiger partial charge in [0, 0.05) is 30.8 Å². The lowest BCUT2D eigenvalue weighted by atomic mass is 9.91. The summed E-state index contributed by atoms with van der Waals surface area (Å²) in [4.78, 5) is 26.9. The van der Waals surface area contributed by atoms with Crippen molar-refractivity contribution in [3.05, 3.63) is 102 Å². The van der Waals surface area contributed by atoms with Gasteiger partial charge in [0.05, 0.1) is 0 Å². The van der Waals surface area contributed by atoms with Crippen LogP contribution in [0, 0.1) is 17.6 Å². The number of anilines is 1. The maximum absolute atomic E-state index is 13.6. The quantitative estimate of drug-likeness (QED) is 0.606. The lowest BCUT2D eigenvalue weighted by Crippen LogP contribution is -2.38. The van der Waals surface area contributed by atoms with Gasteiger partial charge in [-0.25, -0.2) is 8.78 Å². The highest BCUT2D eigenvalue weighted by Gasteiger charge is 2.38. The first-order valence-electron chi connectivity index (χ1n) is 10.2. The number of hydrogen-bond donors (Lipinski definition) is 1. The molecule has 0 aliphatic carbocycles. The number of amides is 2. The van der Waals surface area contributed by atoms with Crippen molar-refractivity contribution in [1.29, 1.82) is 0 Å². The molecule has 4 rings (SSSR count). The van der Waals surface area contributed by atoms with Crippen LogP contribution in [0.25, 0.3) is 0 Å². The van der Waals surface area contributed by atoms with Crippen LogP contribution in [0.3, 0.4) is 0 Å². The number of carbonyl (C=O) groups is 2. The maximum Gasteiger partial charge on any atom is 0.239 e. The Labute approximate surface area is 179 Å². The normalized spacial score (nSPS) is 16.0. The molecule has 0 bridgehead atoms. The molecule has 158 valence electrons. The van der Waals surface area contributed by atoms with Gasteiger partial charge in [-0.15, -0.1) is 0 Å². The number of benzene rings is 3. The minimum absolute atomic E-state index is 0.0508. The summed E-state index contributed by atoms with van der Waals surface area (Å²) < 4.78 is 26.8. The van der Waals surface area contributed by atoms with Gasteiger partial charge in [0.25, 0.3) is 0 Å². The maximum atomic E-state index is 13.6. The SMILES string of the molecule is O=C(NCC(c1ccccc1)c1ccccc1)C1CCN(c2ccc(F)c(F)c2)C1=O. The summed E-state index contributed by atoms with van der Waals surface area (Å²) in [5.74, 6) is -3.65. The highest BCUT2D eigenvalue weighted by molar-refractivity contribution is 6.09. The summed E-state index contributed by atoms with van der Waals surface area (Å²) in [7, 11) is 0. The van der Waals surface area contributed by atoms with Crippen LogP contribution in [0.2, 0.25) is 0 Å². The van der Waals surface area contributed by atoms with E-state index < -0.39 is 23.5 Å². The summed E-state index contributed by atoms with van der Waals surface area (Å²) in [5, 5.41) is 2.92. The molecule has 3 aromatic rings. The first-order valence-corrected chi connectivity index (χ1v) is 10.2. The van der Waals surface area contributed by atoms with Crippen LogP contribution in [0.5, 0.6) is 0 Å². The molecular formula is C25H22F2N2O2. The van der Waals surface area contributed by atoms with Gasteiger partial charge in [-0.1, -0.05) is 60.7 Å². The molecule has 0 aromatic heterocycles. The molecule has 1 aliphatic heterocycles. The van der Waals surface area contributed by atoms with E-state index in [1.807, 2.05) is 60.7 Å². The molecule has 0 spiro atoms. The molecule has 1 aliphatic rings. The summed E-state index contributed by atoms with van der Waals surface area (Å²) in [5.41, 5.74) is 2.39. The lowest BCUT2D eigenvalue weighted by Gasteiger charge is -2.20. The van der Waals surface area contributed by atoms with E-state index in [1.54, 1.807) is 0 Å². The average molecular weight is 420 g/mol. The molecule has 6 heteroatoms. The predicted molar refractivity (Wildman–Crippen MR) is 115 cm³/mol. The van der Waals surface area contributed by atoms with Crippen molar-refractivity contribution in [3.8, 4) is 0 Å². The van der Waals surface area contributed by atoms with E-state index >= 15 is 0 Å². The number of hydrogen-bond acceptors (Lipinski definition) is 2. The van der Waals surface area contributed by atoms with Crippen molar-refractivity contribution >= 4 is 17.5 Å². The van der Waals surface area contributed by atoms with Crippen LogP contribution < -0.4 is 10.2 Å². The van der Waals surface area contributed by atoms with E-state index in [0.717, 1.165) is 23.3 Å². The number of nitrogens with one attached hydrogen (secondary N) is 1. The van der Waals surface area contributed by atoms with E-state index in [0.29, 0.717) is 13.0 Å². The Hall–Kier alpha value is -3.54. The molecule has 2 amide bonds. The zero-order valence-electron chi connectivity index (χ0n) is 16.8. The molecule has 1 atom stereocenters. The molecule has 1 N–H and O–H groups in total. The van der Waals surface area contributed by atoms with Crippen molar-refractivity contribution in [2.75, 3.05) is 18.0 Å². The third-order valence-corrected chi connectivity index (χ3v) is 5.62. The Balaban J connectivity index is 1.46. The molecular weight excluding hydrogens is 398 g/mol. The molecule has 0 saturated carbocycles. The number of nitrogens with zero attached hydrogens (tertiary/aromatic N) is 1. The van der Waals surface area contributed by atoms with Gasteiger partial charge in [-0.3, -0.25) is 9.59 Å². The Morgan fingerprint density at radius 3 is 2.13 bits per heavy atom. The Morgan fingerprint density at radius 1 is 0.935 bits per heavy atom. The second kappa shape index (κ2) is 9.08. The third-order valence-electron chi connectivity index (χ3n) is 5.62. The van der Waals surface area contributed by atoms with E-state index in [-0.39, 0.29) is 24.1 Å². The smallest absolute Gasteiger partial charge is 0.239 e. The highest BCUT2D eigenvalue weighted by atomic mass is 19.2. The summed E-state index contributed by atoms with van der Waals surface area (Å²) in [6, 6.07) is 23.0. The van der Waals surface area contributed by atoms with Gasteiger partial charge in [-0.05, 0) is 29.7 Å². The number of carbonyl (C=O) groups excluding carboxylic acids is 2. The molecule has 1 unspecified atom stereocenters. The van der Waals surface area contributed by atoms with Crippen LogP contribution in [-0.2, 0) is 9.59 Å². The Morgan fingerprint density at radius 2 is 1.55 bits per heavy atom. The highest BCUT2D eigenvalue weighted by Crippen LogP contribution is 2.28. The fraction of sp³-hybridized carbons (Fsp3) is 0.200. The molecule has 1 heterocycles. The van der Waals surface area contributed by atoms with Crippen molar-refractivity contribution in [2.24, 2.45) is 5.92 Å². The van der Waals surface area contributed by atoms with Gasteiger partial charge < -0.3 is 10.2 Å². The van der Waals surface area contributed by atoms with Crippen LogP contribution in [-0.4, -0.2) is 24.9 Å². The van der Waals surface area contributed by atoms with E-state index in [9.17, 15) is 18.4 Å². The predicted octanol–water partition coefficient (Wildman–Crippen LogP) is 4.27. The standard InChI is InChI=1S/C25H22F2N2O2/c26-22-12-11-19(15-23(22)27)29-14-13-20(25(29)31)24(30)28-16-21(17-7-3-1-4-8-17)18-9-5-2-6-10-18/h1-12,15,20-21H,13-14,16H2,(H,28,30). The Bertz CT molecular complexity index is 1030. The first-order chi connectivity index (χ1) is 15.0. The van der Waals surface area contributed by atoms with Gasteiger partial charge >= 0.3 is 0 Å². The van der Waals surface area contributed by atoms with Crippen molar-refractivity contribution in [1.82, 2.24) is 5.32 Å². The van der Waals surface area contributed by atoms with E-state index in [2.05, 4.69) is 5.32 Å². The average Bonchev–Trinajstić information content (AvgIpc) is 3.18. The topological polar surface area (TPSA) is 49.4 Å². The molecule has 1 fully saturated rings. The molecule has 3 aromatic carbocycles. The minimum atomic E-state index is -1.02. The van der Waals surface area contributed by atoms with Gasteiger partial charge in [0.2, 0.25) is 11.8 Å². The molecule has 4 nitrogen and oxygen atoms in total. The Kier molecular flexibility index (Phi) is 6.07. The fourth-order valence-corrected chi connectivity index (χ4v) is 3.96. The van der Waals surface area contributed by atoms with Gasteiger partial charge in [0.1, 0.15) is 5.92 Å². The zero-order chi connectivity index (χ0) is 21.8. The lowest BCUT2D eigenvalue weighted by molar-refractivity contribution is -0.132. The molecule has 0 radical (unpaired) electrons. The summed E-state index contributed by atoms with van der Waals surface area (Å²) >= 11 is 0. The van der Waals surface area contributed by atoms with Crippen molar-refractivity contribution < 1.29 is 18.4 Å². The second-order valence-electron chi connectivity index (χ2n) is 7.55. The second-order valence-corrected chi connectivity index (χ2v) is 7.55. The monoisotopic (exact) mass is 420 g/mol. The van der Waals surface area contributed by atoms with Gasteiger partial charge in [-0.2, -0.15) is 0 Å². The molecule has 31 heavy (non-hydrogen) atoms. The minimum Gasteiger partial charge on any atom is -0.354 e. The van der Waals surface area contributed by atoms with Crippen LogP contribution in [0.15, 0.2) is 78.9 Å². The summed E-state index contributed by atoms with van der Waals surface area (Å²) in [6.45, 7) is 0.630. The van der Waals surface area contributed by atoms with Crippen LogP contribution >= 0.6 is 0 Å².